The van der Waals surface area contributed by atoms with Crippen molar-refractivity contribution >= 4 is 5.57 Å². The van der Waals surface area contributed by atoms with Crippen molar-refractivity contribution in [3.8, 4) is 11.3 Å². The minimum atomic E-state index is 0.00345. The van der Waals surface area contributed by atoms with E-state index in [0.29, 0.717) is 6.61 Å². The van der Waals surface area contributed by atoms with Gasteiger partial charge < -0.3 is 4.74 Å². The third-order valence-electron chi connectivity index (χ3n) is 4.86. The molecule has 0 radical (unpaired) electrons. The summed E-state index contributed by atoms with van der Waals surface area (Å²) in [6, 6.07) is 15.1. The maximum absolute atomic E-state index is 5.50. The van der Waals surface area contributed by atoms with Crippen molar-refractivity contribution in [3.63, 3.8) is 0 Å². The van der Waals surface area contributed by atoms with E-state index in [0.717, 1.165) is 12.8 Å². The van der Waals surface area contributed by atoms with Gasteiger partial charge in [-0.3, -0.25) is 0 Å². The van der Waals surface area contributed by atoms with Gasteiger partial charge in [-0.15, -0.1) is 0 Å². The molecule has 0 aliphatic carbocycles. The maximum atomic E-state index is 5.50. The Kier molecular flexibility index (Phi) is 4.12. The van der Waals surface area contributed by atoms with Gasteiger partial charge in [0.1, 0.15) is 0 Å². The topological polar surface area (TPSA) is 13.1 Å². The van der Waals surface area contributed by atoms with Crippen molar-refractivity contribution in [3.05, 3.63) is 60.3 Å². The van der Waals surface area contributed by atoms with Crippen LogP contribution < -0.4 is 4.57 Å². The van der Waals surface area contributed by atoms with Crippen LogP contribution in [0.1, 0.15) is 32.3 Å². The number of fused-ring (bicyclic) bond motifs is 3. The molecule has 0 bridgehead atoms. The first kappa shape index (κ1) is 15.0. The zero-order valence-corrected chi connectivity index (χ0v) is 13.7. The van der Waals surface area contributed by atoms with Crippen LogP contribution in [0.4, 0.5) is 0 Å². The van der Waals surface area contributed by atoms with Crippen molar-refractivity contribution in [2.24, 2.45) is 0 Å². The van der Waals surface area contributed by atoms with Gasteiger partial charge in [0.2, 0.25) is 5.69 Å². The fourth-order valence-electron chi connectivity index (χ4n) is 3.58. The number of aromatic nitrogens is 1. The van der Waals surface area contributed by atoms with Crippen molar-refractivity contribution in [1.82, 2.24) is 0 Å². The third kappa shape index (κ3) is 2.28. The minimum Gasteiger partial charge on any atom is -0.380 e. The lowest BCUT2D eigenvalue weighted by Crippen LogP contribution is -2.55. The van der Waals surface area contributed by atoms with E-state index in [4.69, 9.17) is 4.74 Å². The van der Waals surface area contributed by atoms with Gasteiger partial charge in [-0.25, -0.2) is 0 Å². The largest absolute Gasteiger partial charge is 0.380 e. The molecule has 2 nitrogen and oxygen atoms in total. The predicted molar refractivity (Wildman–Crippen MR) is 90.5 cm³/mol. The lowest BCUT2D eigenvalue weighted by molar-refractivity contribution is -0.743. The number of pyridine rings is 1. The molecule has 0 unspecified atom stereocenters. The molecule has 22 heavy (non-hydrogen) atoms. The fourth-order valence-corrected chi connectivity index (χ4v) is 3.58. The molecule has 1 aromatic carbocycles. The predicted octanol–water partition coefficient (Wildman–Crippen LogP) is 4.20. The highest BCUT2D eigenvalue weighted by Crippen LogP contribution is 2.36. The van der Waals surface area contributed by atoms with Gasteiger partial charge in [-0.2, -0.15) is 4.57 Å². The summed E-state index contributed by atoms with van der Waals surface area (Å²) < 4.78 is 7.94. The number of allylic oxidation sites excluding steroid dienone is 1. The first-order valence-electron chi connectivity index (χ1n) is 8.07. The van der Waals surface area contributed by atoms with E-state index < -0.39 is 0 Å². The smallest absolute Gasteiger partial charge is 0.213 e. The zero-order valence-electron chi connectivity index (χ0n) is 13.7. The molecule has 0 N–H and O–H groups in total. The Morgan fingerprint density at radius 1 is 0.955 bits per heavy atom. The molecule has 1 aliphatic rings. The molecule has 0 saturated carbocycles. The zero-order chi connectivity index (χ0) is 15.6. The molecule has 1 aromatic heterocycles. The third-order valence-corrected chi connectivity index (χ3v) is 4.86. The van der Waals surface area contributed by atoms with E-state index in [1.54, 1.807) is 7.11 Å². The molecule has 0 saturated heterocycles. The molecule has 1 aliphatic heterocycles. The highest BCUT2D eigenvalue weighted by molar-refractivity contribution is 5.80. The van der Waals surface area contributed by atoms with E-state index >= 15 is 0 Å². The molecule has 3 rings (SSSR count). The Labute approximate surface area is 133 Å². The molecule has 0 atom stereocenters. The second-order valence-corrected chi connectivity index (χ2v) is 5.91. The van der Waals surface area contributed by atoms with Crippen LogP contribution in [0.2, 0.25) is 0 Å². The summed E-state index contributed by atoms with van der Waals surface area (Å²) in [6.45, 7) is 5.18. The highest BCUT2D eigenvalue weighted by atomic mass is 16.5. The standard InChI is InChI=1S/C20H24NO/c1-4-20(5-2)14-16(15-22-3)17-10-6-7-11-18(17)19-12-8-9-13-21(19)20/h6-14H,4-5,15H2,1-3H3/q+1. The molecule has 2 heteroatoms. The number of hydrogen-bond acceptors (Lipinski definition) is 1. The van der Waals surface area contributed by atoms with Crippen LogP contribution in [0, 0.1) is 0 Å². The lowest BCUT2D eigenvalue weighted by Gasteiger charge is -2.24. The van der Waals surface area contributed by atoms with Crippen LogP contribution in [0.3, 0.4) is 0 Å². The van der Waals surface area contributed by atoms with Gasteiger partial charge in [0.25, 0.3) is 0 Å². The van der Waals surface area contributed by atoms with Gasteiger partial charge in [0.05, 0.1) is 12.2 Å². The Balaban J connectivity index is 2.36. The number of methoxy groups -OCH3 is 1. The normalized spacial score (nSPS) is 15.5. The van der Waals surface area contributed by atoms with E-state index in [1.807, 2.05) is 0 Å². The van der Waals surface area contributed by atoms with Gasteiger partial charge in [-0.1, -0.05) is 32.0 Å². The Morgan fingerprint density at radius 3 is 2.32 bits per heavy atom. The van der Waals surface area contributed by atoms with Crippen molar-refractivity contribution in [1.29, 1.82) is 0 Å². The maximum Gasteiger partial charge on any atom is 0.213 e. The lowest BCUT2D eigenvalue weighted by atomic mass is 9.89. The molecular formula is C20H24NO+. The van der Waals surface area contributed by atoms with Gasteiger partial charge >= 0.3 is 0 Å². The van der Waals surface area contributed by atoms with Crippen LogP contribution in [-0.4, -0.2) is 13.7 Å². The minimum absolute atomic E-state index is 0.00345. The summed E-state index contributed by atoms with van der Waals surface area (Å²) in [6.07, 6.45) is 6.76. The summed E-state index contributed by atoms with van der Waals surface area (Å²) in [5.74, 6) is 0. The number of hydrogen-bond donors (Lipinski definition) is 0. The molecule has 0 amide bonds. The molecule has 0 fully saturated rings. The Bertz CT molecular complexity index is 698. The highest BCUT2D eigenvalue weighted by Gasteiger charge is 2.39. The fraction of sp³-hybridized carbons (Fsp3) is 0.350. The molecule has 2 aromatic rings. The van der Waals surface area contributed by atoms with Crippen molar-refractivity contribution in [2.45, 2.75) is 32.2 Å². The van der Waals surface area contributed by atoms with Gasteiger partial charge in [0, 0.05) is 32.1 Å². The van der Waals surface area contributed by atoms with Crippen LogP contribution >= 0.6 is 0 Å². The van der Waals surface area contributed by atoms with Gasteiger partial charge in [-0.05, 0) is 29.3 Å². The van der Waals surface area contributed by atoms with E-state index in [2.05, 4.69) is 73.2 Å². The second kappa shape index (κ2) is 6.05. The first-order chi connectivity index (χ1) is 10.8. The number of ether oxygens (including phenoxy) is 1. The SMILES string of the molecule is CCC1(CC)C=C(COC)c2ccccc2-c2cccc[n+]21. The number of rotatable bonds is 4. The Hall–Kier alpha value is -1.93. The van der Waals surface area contributed by atoms with Crippen molar-refractivity contribution < 1.29 is 9.30 Å². The summed E-state index contributed by atoms with van der Waals surface area (Å²) >= 11 is 0. The van der Waals surface area contributed by atoms with E-state index in [1.165, 1.54) is 22.4 Å². The van der Waals surface area contributed by atoms with Crippen molar-refractivity contribution in [2.75, 3.05) is 13.7 Å². The molecular weight excluding hydrogens is 270 g/mol. The number of nitrogens with zero attached hydrogens (tertiary/aromatic N) is 1. The average Bonchev–Trinajstić information content (AvgIpc) is 2.70. The van der Waals surface area contributed by atoms with Crippen LogP contribution in [0.25, 0.3) is 16.8 Å². The molecule has 2 heterocycles. The quantitative estimate of drug-likeness (QED) is 0.770. The summed E-state index contributed by atoms with van der Waals surface area (Å²) in [5, 5.41) is 0. The average molecular weight is 294 g/mol. The second-order valence-electron chi connectivity index (χ2n) is 5.91. The summed E-state index contributed by atoms with van der Waals surface area (Å²) in [7, 11) is 1.77. The van der Waals surface area contributed by atoms with Gasteiger partial charge in [0.15, 0.2) is 11.7 Å². The summed E-state index contributed by atoms with van der Waals surface area (Å²) in [4.78, 5) is 0. The number of benzene rings is 1. The molecule has 114 valence electrons. The Morgan fingerprint density at radius 2 is 1.64 bits per heavy atom. The summed E-state index contributed by atoms with van der Waals surface area (Å²) in [5.41, 5.74) is 5.14. The first-order valence-corrected chi connectivity index (χ1v) is 8.07. The van der Waals surface area contributed by atoms with Crippen LogP contribution in [-0.2, 0) is 10.3 Å². The monoisotopic (exact) mass is 294 g/mol. The van der Waals surface area contributed by atoms with E-state index in [-0.39, 0.29) is 5.54 Å². The van der Waals surface area contributed by atoms with Crippen LogP contribution in [0.15, 0.2) is 54.7 Å². The van der Waals surface area contributed by atoms with Crippen LogP contribution in [0.5, 0.6) is 0 Å². The van der Waals surface area contributed by atoms with E-state index in [9.17, 15) is 0 Å². The molecule has 0 spiro atoms.